The van der Waals surface area contributed by atoms with Crippen LogP contribution in [-0.2, 0) is 16.0 Å². The maximum absolute atomic E-state index is 14.8. The van der Waals surface area contributed by atoms with Crippen molar-refractivity contribution in [1.29, 1.82) is 0 Å². The minimum Gasteiger partial charge on any atom is -0.459 e. The molecule has 0 saturated heterocycles. The summed E-state index contributed by atoms with van der Waals surface area (Å²) in [5.74, 6) is -1.29. The molecule has 0 spiro atoms. The molecule has 2 aliphatic rings. The number of nitrogens with zero attached hydrogens (tertiary/aromatic N) is 4. The topological polar surface area (TPSA) is 114 Å². The summed E-state index contributed by atoms with van der Waals surface area (Å²) in [4.78, 5) is 33.3. The Balaban J connectivity index is 1.20. The second kappa shape index (κ2) is 13.2. The summed E-state index contributed by atoms with van der Waals surface area (Å²) in [6, 6.07) is 14.9. The highest BCUT2D eigenvalue weighted by molar-refractivity contribution is 6.31. The van der Waals surface area contributed by atoms with Crippen LogP contribution < -0.4 is 5.32 Å². The van der Waals surface area contributed by atoms with E-state index in [1.54, 1.807) is 23.2 Å². The summed E-state index contributed by atoms with van der Waals surface area (Å²) in [6.45, 7) is 2.11. The Labute approximate surface area is 279 Å². The standard InChI is InChI=1S/C36H30ClF2N5O4/c1-20-4-2-5-29(44-14-12-23(19-32(44)45)33-26(38)10-9-25(37)34(33)39)28-18-22(11-13-40-28)24-8-7-21(16-27(24)41-35(20)46)17-31-42-43-36(48-31)30-6-3-15-47-30/h3,6-11,13,15-16,18-20,29H,2,4-5,12,14,17H2,1H3,(H,41,46)/t20-,29+/m1/s1. The molecule has 0 radical (unpaired) electrons. The van der Waals surface area contributed by atoms with Crippen LogP contribution in [0.3, 0.4) is 0 Å². The molecule has 0 saturated carbocycles. The molecule has 5 aromatic rings. The number of hydrogen-bond acceptors (Lipinski definition) is 7. The van der Waals surface area contributed by atoms with Crippen molar-refractivity contribution in [3.8, 4) is 22.8 Å². The number of fused-ring (bicyclic) bond motifs is 4. The second-order valence-corrected chi connectivity index (χ2v) is 12.4. The van der Waals surface area contributed by atoms with Gasteiger partial charge in [0.1, 0.15) is 5.82 Å². The Hall–Kier alpha value is -5.16. The van der Waals surface area contributed by atoms with Gasteiger partial charge in [0, 0.05) is 36.0 Å². The summed E-state index contributed by atoms with van der Waals surface area (Å²) < 4.78 is 40.6. The third-order valence-corrected chi connectivity index (χ3v) is 9.13. The molecule has 2 atom stereocenters. The average molecular weight is 670 g/mol. The van der Waals surface area contributed by atoms with Crippen molar-refractivity contribution in [1.82, 2.24) is 20.1 Å². The number of carbonyl (C=O) groups excluding carboxylic acids is 2. The average Bonchev–Trinajstić information content (AvgIpc) is 3.78. The summed E-state index contributed by atoms with van der Waals surface area (Å²) in [7, 11) is 0. The molecule has 2 aliphatic heterocycles. The van der Waals surface area contributed by atoms with Crippen LogP contribution in [-0.4, -0.2) is 38.4 Å². The first kappa shape index (κ1) is 31.4. The van der Waals surface area contributed by atoms with Gasteiger partial charge in [-0.25, -0.2) is 8.78 Å². The molecule has 0 unspecified atom stereocenters. The van der Waals surface area contributed by atoms with Crippen LogP contribution in [0.25, 0.3) is 28.4 Å². The molecule has 7 rings (SSSR count). The SMILES string of the molecule is C[C@@H]1CCC[C@H](N2CCC(c3c(F)ccc(Cl)c3F)=CC2=O)c2cc(ccn2)-c2ccc(Cc3nnc(-c4ccco4)o3)cc2NC1=O. The third kappa shape index (κ3) is 6.25. The molecular weight excluding hydrogens is 640 g/mol. The van der Waals surface area contributed by atoms with Gasteiger partial charge in [-0.1, -0.05) is 37.1 Å². The lowest BCUT2D eigenvalue weighted by Crippen LogP contribution is -2.38. The van der Waals surface area contributed by atoms with Crippen molar-refractivity contribution in [2.45, 2.75) is 45.1 Å². The van der Waals surface area contributed by atoms with Crippen molar-refractivity contribution in [3.05, 3.63) is 113 Å². The molecule has 3 aromatic heterocycles. The van der Waals surface area contributed by atoms with E-state index in [0.29, 0.717) is 48.7 Å². The molecule has 1 N–H and O–H groups in total. The Bertz CT molecular complexity index is 2040. The number of rotatable bonds is 5. The fraction of sp³-hybridized carbons (Fsp3) is 0.250. The number of halogens is 3. The minimum absolute atomic E-state index is 0.120. The summed E-state index contributed by atoms with van der Waals surface area (Å²) >= 11 is 5.92. The number of nitrogens with one attached hydrogen (secondary N) is 1. The normalized spacial score (nSPS) is 18.4. The predicted molar refractivity (Wildman–Crippen MR) is 175 cm³/mol. The largest absolute Gasteiger partial charge is 0.459 e. The summed E-state index contributed by atoms with van der Waals surface area (Å²) in [5.41, 5.74) is 3.73. The molecule has 5 heterocycles. The molecule has 2 amide bonds. The fourth-order valence-electron chi connectivity index (χ4n) is 6.31. The number of pyridine rings is 1. The van der Waals surface area contributed by atoms with Crippen LogP contribution in [0.5, 0.6) is 0 Å². The van der Waals surface area contributed by atoms with Crippen molar-refractivity contribution >= 4 is 34.7 Å². The van der Waals surface area contributed by atoms with Gasteiger partial charge in [-0.3, -0.25) is 14.6 Å². The molecule has 2 bridgehead atoms. The zero-order valence-electron chi connectivity index (χ0n) is 25.9. The van der Waals surface area contributed by atoms with Crippen molar-refractivity contribution in [3.63, 3.8) is 0 Å². The van der Waals surface area contributed by atoms with Gasteiger partial charge in [0.05, 0.1) is 35.0 Å². The Morgan fingerprint density at radius 3 is 2.75 bits per heavy atom. The van der Waals surface area contributed by atoms with E-state index in [-0.39, 0.29) is 52.7 Å². The Morgan fingerprint density at radius 2 is 1.94 bits per heavy atom. The first-order valence-electron chi connectivity index (χ1n) is 15.7. The third-order valence-electron chi connectivity index (χ3n) is 8.84. The van der Waals surface area contributed by atoms with Gasteiger partial charge < -0.3 is 19.1 Å². The lowest BCUT2D eigenvalue weighted by atomic mass is 9.92. The molecular formula is C36H30ClF2N5O4. The number of benzene rings is 2. The molecule has 12 heteroatoms. The van der Waals surface area contributed by atoms with Crippen LogP contribution in [0.15, 0.2) is 82.0 Å². The molecule has 0 aliphatic carbocycles. The van der Waals surface area contributed by atoms with E-state index in [4.69, 9.17) is 20.4 Å². The van der Waals surface area contributed by atoms with E-state index in [2.05, 4.69) is 20.5 Å². The smallest absolute Gasteiger partial charge is 0.283 e. The van der Waals surface area contributed by atoms with Crippen LogP contribution >= 0.6 is 11.6 Å². The molecule has 0 fully saturated rings. The van der Waals surface area contributed by atoms with Crippen LogP contribution in [0.4, 0.5) is 14.5 Å². The van der Waals surface area contributed by atoms with Gasteiger partial charge in [-0.2, -0.15) is 0 Å². The van der Waals surface area contributed by atoms with Crippen molar-refractivity contribution < 1.29 is 27.2 Å². The number of furan rings is 1. The zero-order chi connectivity index (χ0) is 33.4. The quantitative estimate of drug-likeness (QED) is 0.188. The van der Waals surface area contributed by atoms with E-state index in [9.17, 15) is 18.4 Å². The fourth-order valence-corrected chi connectivity index (χ4v) is 6.46. The number of hydrogen-bond donors (Lipinski definition) is 1. The highest BCUT2D eigenvalue weighted by Crippen LogP contribution is 2.38. The lowest BCUT2D eigenvalue weighted by Gasteiger charge is -2.34. The van der Waals surface area contributed by atoms with Gasteiger partial charge in [0.2, 0.25) is 17.7 Å². The van der Waals surface area contributed by atoms with E-state index < -0.39 is 17.7 Å². The molecule has 2 aromatic carbocycles. The minimum atomic E-state index is -0.880. The number of anilines is 1. The zero-order valence-corrected chi connectivity index (χ0v) is 26.6. The van der Waals surface area contributed by atoms with E-state index in [1.165, 1.54) is 12.3 Å². The van der Waals surface area contributed by atoms with Gasteiger partial charge >= 0.3 is 0 Å². The molecule has 48 heavy (non-hydrogen) atoms. The number of amides is 2. The van der Waals surface area contributed by atoms with Gasteiger partial charge in [-0.05, 0) is 78.4 Å². The highest BCUT2D eigenvalue weighted by atomic mass is 35.5. The van der Waals surface area contributed by atoms with Crippen LogP contribution in [0, 0.1) is 17.6 Å². The number of carbonyl (C=O) groups is 2. The Morgan fingerprint density at radius 1 is 1.06 bits per heavy atom. The van der Waals surface area contributed by atoms with Crippen LogP contribution in [0.2, 0.25) is 5.02 Å². The Kier molecular flexibility index (Phi) is 8.62. The molecule has 9 nitrogen and oxygen atoms in total. The lowest BCUT2D eigenvalue weighted by molar-refractivity contribution is -0.129. The van der Waals surface area contributed by atoms with Crippen molar-refractivity contribution in [2.75, 3.05) is 11.9 Å². The maximum Gasteiger partial charge on any atom is 0.283 e. The monoisotopic (exact) mass is 669 g/mol. The predicted octanol–water partition coefficient (Wildman–Crippen LogP) is 8.03. The maximum atomic E-state index is 14.8. The van der Waals surface area contributed by atoms with E-state index in [0.717, 1.165) is 28.8 Å². The number of aromatic nitrogens is 3. The van der Waals surface area contributed by atoms with Crippen molar-refractivity contribution in [2.24, 2.45) is 5.92 Å². The van der Waals surface area contributed by atoms with Gasteiger partial charge in [0.25, 0.3) is 5.89 Å². The van der Waals surface area contributed by atoms with Crippen LogP contribution in [0.1, 0.15) is 61.4 Å². The highest BCUT2D eigenvalue weighted by Gasteiger charge is 2.31. The summed E-state index contributed by atoms with van der Waals surface area (Å²) in [5, 5.41) is 11.1. The van der Waals surface area contributed by atoms with E-state index >= 15 is 0 Å². The van der Waals surface area contributed by atoms with Gasteiger partial charge in [-0.15, -0.1) is 10.2 Å². The first-order valence-corrected chi connectivity index (χ1v) is 16.0. The second-order valence-electron chi connectivity index (χ2n) is 12.0. The van der Waals surface area contributed by atoms with Gasteiger partial charge in [0.15, 0.2) is 11.6 Å². The molecule has 244 valence electrons. The van der Waals surface area contributed by atoms with E-state index in [1.807, 2.05) is 37.3 Å². The first-order chi connectivity index (χ1) is 23.2. The summed E-state index contributed by atoms with van der Waals surface area (Å²) in [6.07, 6.45) is 6.86.